The van der Waals surface area contributed by atoms with E-state index in [1.165, 1.54) is 12.8 Å². The summed E-state index contributed by atoms with van der Waals surface area (Å²) in [5.74, 6) is 0.852. The Kier molecular flexibility index (Phi) is 3.87. The third-order valence-corrected chi connectivity index (χ3v) is 4.97. The van der Waals surface area contributed by atoms with Crippen LogP contribution in [-0.4, -0.2) is 18.8 Å². The molecule has 0 aromatic heterocycles. The standard InChI is InChI=1S/C18H23NO2/c1-21-16-7-6-13-10-15(5-4-14(13)11-16)17(20)18(12-19)8-2-3-9-18/h4-7,10-11,17,20H,2-3,8-9,12,19H2,1H3. The van der Waals surface area contributed by atoms with Gasteiger partial charge in [-0.1, -0.05) is 31.0 Å². The lowest BCUT2D eigenvalue weighted by atomic mass is 9.77. The highest BCUT2D eigenvalue weighted by Crippen LogP contribution is 2.47. The fraction of sp³-hybridized carbons (Fsp3) is 0.444. The third-order valence-electron chi connectivity index (χ3n) is 4.97. The molecule has 112 valence electrons. The van der Waals surface area contributed by atoms with Crippen LogP contribution in [-0.2, 0) is 0 Å². The van der Waals surface area contributed by atoms with Crippen molar-refractivity contribution in [1.29, 1.82) is 0 Å². The largest absolute Gasteiger partial charge is 0.497 e. The van der Waals surface area contributed by atoms with E-state index in [4.69, 9.17) is 10.5 Å². The van der Waals surface area contributed by atoms with Crippen LogP contribution >= 0.6 is 0 Å². The quantitative estimate of drug-likeness (QED) is 0.905. The summed E-state index contributed by atoms with van der Waals surface area (Å²) >= 11 is 0. The maximum Gasteiger partial charge on any atom is 0.119 e. The zero-order valence-electron chi connectivity index (χ0n) is 12.5. The van der Waals surface area contributed by atoms with E-state index in [1.807, 2.05) is 24.3 Å². The first-order valence-electron chi connectivity index (χ1n) is 7.64. The van der Waals surface area contributed by atoms with Gasteiger partial charge in [-0.2, -0.15) is 0 Å². The first kappa shape index (κ1) is 14.4. The summed E-state index contributed by atoms with van der Waals surface area (Å²) in [7, 11) is 1.67. The summed E-state index contributed by atoms with van der Waals surface area (Å²) in [4.78, 5) is 0. The van der Waals surface area contributed by atoms with Crippen molar-refractivity contribution in [3.8, 4) is 5.75 Å². The molecule has 1 saturated carbocycles. The van der Waals surface area contributed by atoms with Gasteiger partial charge < -0.3 is 15.6 Å². The third kappa shape index (κ3) is 2.52. The Morgan fingerprint density at radius 3 is 2.48 bits per heavy atom. The average Bonchev–Trinajstić information content (AvgIpc) is 3.03. The van der Waals surface area contributed by atoms with Crippen molar-refractivity contribution < 1.29 is 9.84 Å². The minimum absolute atomic E-state index is 0.139. The zero-order chi connectivity index (χ0) is 14.9. The van der Waals surface area contributed by atoms with Gasteiger partial charge in [0.25, 0.3) is 0 Å². The molecule has 0 spiro atoms. The van der Waals surface area contributed by atoms with E-state index < -0.39 is 6.10 Å². The predicted octanol–water partition coefficient (Wildman–Crippen LogP) is 3.40. The topological polar surface area (TPSA) is 55.5 Å². The highest BCUT2D eigenvalue weighted by Gasteiger charge is 2.40. The lowest BCUT2D eigenvalue weighted by Crippen LogP contribution is -2.34. The first-order valence-corrected chi connectivity index (χ1v) is 7.64. The number of nitrogens with two attached hydrogens (primary N) is 1. The second kappa shape index (κ2) is 5.66. The van der Waals surface area contributed by atoms with Crippen molar-refractivity contribution in [3.63, 3.8) is 0 Å². The molecular formula is C18H23NO2. The fourth-order valence-corrected chi connectivity index (χ4v) is 3.56. The Hall–Kier alpha value is -1.58. The van der Waals surface area contributed by atoms with Crippen LogP contribution in [0.15, 0.2) is 36.4 Å². The molecule has 1 aliphatic rings. The molecule has 3 nitrogen and oxygen atoms in total. The zero-order valence-corrected chi connectivity index (χ0v) is 12.5. The smallest absolute Gasteiger partial charge is 0.119 e. The van der Waals surface area contributed by atoms with Gasteiger partial charge in [0.1, 0.15) is 5.75 Å². The number of benzene rings is 2. The normalized spacial score (nSPS) is 18.8. The van der Waals surface area contributed by atoms with Crippen LogP contribution in [0.1, 0.15) is 37.4 Å². The maximum absolute atomic E-state index is 10.8. The van der Waals surface area contributed by atoms with Crippen LogP contribution in [0.4, 0.5) is 0 Å². The van der Waals surface area contributed by atoms with E-state index in [2.05, 4.69) is 12.1 Å². The van der Waals surface area contributed by atoms with Crippen molar-refractivity contribution in [2.24, 2.45) is 11.1 Å². The number of hydrogen-bond donors (Lipinski definition) is 2. The summed E-state index contributed by atoms with van der Waals surface area (Å²) in [6.45, 7) is 0.550. The van der Waals surface area contributed by atoms with Crippen LogP contribution in [0.2, 0.25) is 0 Å². The highest BCUT2D eigenvalue weighted by molar-refractivity contribution is 5.84. The Morgan fingerprint density at radius 2 is 1.81 bits per heavy atom. The number of hydrogen-bond acceptors (Lipinski definition) is 3. The van der Waals surface area contributed by atoms with Crippen LogP contribution in [0, 0.1) is 5.41 Å². The van der Waals surface area contributed by atoms with E-state index in [-0.39, 0.29) is 5.41 Å². The molecular weight excluding hydrogens is 262 g/mol. The van der Waals surface area contributed by atoms with E-state index in [9.17, 15) is 5.11 Å². The lowest BCUT2D eigenvalue weighted by Gasteiger charge is -2.33. The Morgan fingerprint density at radius 1 is 1.14 bits per heavy atom. The van der Waals surface area contributed by atoms with E-state index >= 15 is 0 Å². The summed E-state index contributed by atoms with van der Waals surface area (Å²) < 4.78 is 5.25. The van der Waals surface area contributed by atoms with Crippen molar-refractivity contribution in [2.45, 2.75) is 31.8 Å². The number of aliphatic hydroxyl groups is 1. The molecule has 2 aromatic carbocycles. The van der Waals surface area contributed by atoms with Gasteiger partial charge >= 0.3 is 0 Å². The molecule has 1 fully saturated rings. The second-order valence-electron chi connectivity index (χ2n) is 6.15. The number of rotatable bonds is 4. The molecule has 0 saturated heterocycles. The molecule has 0 bridgehead atoms. The number of ether oxygens (including phenoxy) is 1. The van der Waals surface area contributed by atoms with Crippen molar-refractivity contribution in [2.75, 3.05) is 13.7 Å². The Balaban J connectivity index is 1.96. The minimum Gasteiger partial charge on any atom is -0.497 e. The van der Waals surface area contributed by atoms with Crippen LogP contribution < -0.4 is 10.5 Å². The average molecular weight is 285 g/mol. The fourth-order valence-electron chi connectivity index (χ4n) is 3.56. The monoisotopic (exact) mass is 285 g/mol. The molecule has 2 aromatic rings. The second-order valence-corrected chi connectivity index (χ2v) is 6.15. The summed E-state index contributed by atoms with van der Waals surface area (Å²) in [5, 5.41) is 13.1. The van der Waals surface area contributed by atoms with Crippen molar-refractivity contribution in [3.05, 3.63) is 42.0 Å². The van der Waals surface area contributed by atoms with E-state index in [1.54, 1.807) is 7.11 Å². The van der Waals surface area contributed by atoms with Gasteiger partial charge in [-0.15, -0.1) is 0 Å². The van der Waals surface area contributed by atoms with Crippen molar-refractivity contribution >= 4 is 10.8 Å². The number of aliphatic hydroxyl groups excluding tert-OH is 1. The van der Waals surface area contributed by atoms with Gasteiger partial charge in [-0.05, 0) is 47.4 Å². The van der Waals surface area contributed by atoms with Crippen molar-refractivity contribution in [1.82, 2.24) is 0 Å². The molecule has 3 heteroatoms. The molecule has 0 aliphatic heterocycles. The molecule has 3 rings (SSSR count). The Labute approximate surface area is 125 Å². The molecule has 1 unspecified atom stereocenters. The molecule has 3 N–H and O–H groups in total. The summed E-state index contributed by atoms with van der Waals surface area (Å²) in [5.41, 5.74) is 6.81. The van der Waals surface area contributed by atoms with E-state index in [0.29, 0.717) is 6.54 Å². The molecule has 1 atom stereocenters. The van der Waals surface area contributed by atoms with Gasteiger partial charge in [0.2, 0.25) is 0 Å². The summed E-state index contributed by atoms with van der Waals surface area (Å²) in [6, 6.07) is 12.1. The molecule has 21 heavy (non-hydrogen) atoms. The molecule has 0 amide bonds. The Bertz CT molecular complexity index is 632. The predicted molar refractivity (Wildman–Crippen MR) is 85.4 cm³/mol. The van der Waals surface area contributed by atoms with Gasteiger partial charge in [0, 0.05) is 12.0 Å². The number of methoxy groups -OCH3 is 1. The van der Waals surface area contributed by atoms with Gasteiger partial charge in [-0.3, -0.25) is 0 Å². The van der Waals surface area contributed by atoms with Gasteiger partial charge in [0.15, 0.2) is 0 Å². The maximum atomic E-state index is 10.8. The minimum atomic E-state index is -0.475. The highest BCUT2D eigenvalue weighted by atomic mass is 16.5. The number of fused-ring (bicyclic) bond motifs is 1. The van der Waals surface area contributed by atoms with Gasteiger partial charge in [0.05, 0.1) is 13.2 Å². The molecule has 0 heterocycles. The molecule has 0 radical (unpaired) electrons. The summed E-state index contributed by atoms with van der Waals surface area (Å²) in [6.07, 6.45) is 3.89. The van der Waals surface area contributed by atoms with Crippen LogP contribution in [0.5, 0.6) is 5.75 Å². The van der Waals surface area contributed by atoms with Crippen LogP contribution in [0.25, 0.3) is 10.8 Å². The van der Waals surface area contributed by atoms with Gasteiger partial charge in [-0.25, -0.2) is 0 Å². The lowest BCUT2D eigenvalue weighted by molar-refractivity contribution is 0.0334. The van der Waals surface area contributed by atoms with Crippen LogP contribution in [0.3, 0.4) is 0 Å². The molecule has 1 aliphatic carbocycles. The SMILES string of the molecule is COc1ccc2cc(C(O)C3(CN)CCCC3)ccc2c1. The first-order chi connectivity index (χ1) is 10.2. The van der Waals surface area contributed by atoms with E-state index in [0.717, 1.165) is 34.9 Å².